The molecule has 0 radical (unpaired) electrons. The van der Waals surface area contributed by atoms with Crippen LogP contribution in [0, 0.1) is 0 Å². The summed E-state index contributed by atoms with van der Waals surface area (Å²) in [6.45, 7) is 2.04. The van der Waals surface area contributed by atoms with Crippen molar-refractivity contribution in [3.05, 3.63) is 102 Å². The fraction of sp³-hybridized carbons (Fsp3) is 0.0714. The van der Waals surface area contributed by atoms with Crippen LogP contribution in [0.1, 0.15) is 27.8 Å². The third kappa shape index (κ3) is 3.10. The molecule has 1 amide bonds. The van der Waals surface area contributed by atoms with Crippen LogP contribution in [0.15, 0.2) is 101 Å². The van der Waals surface area contributed by atoms with Crippen LogP contribution in [0.25, 0.3) is 16.3 Å². The first-order chi connectivity index (χ1) is 16.7. The molecule has 1 aliphatic heterocycles. The minimum Gasteiger partial charge on any atom is -0.462 e. The molecule has 0 aliphatic carbocycles. The highest BCUT2D eigenvalue weighted by molar-refractivity contribution is 7.99. The molecule has 0 bridgehead atoms. The first kappa shape index (κ1) is 20.6. The maximum absolute atomic E-state index is 14.2. The van der Waals surface area contributed by atoms with Gasteiger partial charge in [0.2, 0.25) is 0 Å². The number of aromatic nitrogens is 1. The molecule has 3 aromatic carbocycles. The summed E-state index contributed by atoms with van der Waals surface area (Å²) in [5, 5.41) is 1.88. The van der Waals surface area contributed by atoms with Gasteiger partial charge in [-0.2, -0.15) is 0 Å². The zero-order valence-corrected chi connectivity index (χ0v) is 19.2. The summed E-state index contributed by atoms with van der Waals surface area (Å²) in [5.74, 6) is -0.647. The van der Waals surface area contributed by atoms with Gasteiger partial charge in [-0.25, -0.2) is 4.79 Å². The molecule has 0 N–H and O–H groups in total. The number of para-hydroxylation sites is 2. The van der Waals surface area contributed by atoms with Crippen molar-refractivity contribution in [2.45, 2.75) is 16.7 Å². The van der Waals surface area contributed by atoms with Gasteiger partial charge in [-0.3, -0.25) is 9.69 Å². The van der Waals surface area contributed by atoms with Gasteiger partial charge in [-0.1, -0.05) is 60.3 Å². The van der Waals surface area contributed by atoms with Crippen molar-refractivity contribution in [3.63, 3.8) is 0 Å². The highest BCUT2D eigenvalue weighted by Gasteiger charge is 2.31. The van der Waals surface area contributed by atoms with E-state index in [4.69, 9.17) is 4.74 Å². The quantitative estimate of drug-likeness (QED) is 0.278. The van der Waals surface area contributed by atoms with Crippen LogP contribution in [-0.4, -0.2) is 22.9 Å². The van der Waals surface area contributed by atoms with Crippen LogP contribution >= 0.6 is 11.8 Å². The summed E-state index contributed by atoms with van der Waals surface area (Å²) < 4.78 is 7.16. The summed E-state index contributed by atoms with van der Waals surface area (Å²) in [4.78, 5) is 30.9. The van der Waals surface area contributed by atoms with Crippen molar-refractivity contribution in [3.8, 4) is 0 Å². The summed E-state index contributed by atoms with van der Waals surface area (Å²) in [6, 6.07) is 27.2. The summed E-state index contributed by atoms with van der Waals surface area (Å²) in [7, 11) is 0. The Labute approximate surface area is 200 Å². The van der Waals surface area contributed by atoms with E-state index in [2.05, 4.69) is 0 Å². The highest BCUT2D eigenvalue weighted by Crippen LogP contribution is 2.48. The van der Waals surface area contributed by atoms with Crippen molar-refractivity contribution >= 4 is 51.3 Å². The lowest BCUT2D eigenvalue weighted by Gasteiger charge is -2.30. The third-order valence-corrected chi connectivity index (χ3v) is 7.14. The monoisotopic (exact) mass is 464 g/mol. The van der Waals surface area contributed by atoms with Gasteiger partial charge in [0.05, 0.1) is 29.1 Å². The number of hydrogen-bond acceptors (Lipinski definition) is 4. The Bertz CT molecular complexity index is 1560. The van der Waals surface area contributed by atoms with E-state index in [1.807, 2.05) is 89.5 Å². The highest BCUT2D eigenvalue weighted by atomic mass is 32.2. The number of hydrogen-bond donors (Lipinski definition) is 0. The summed E-state index contributed by atoms with van der Waals surface area (Å²) in [5.41, 5.74) is 3.11. The van der Waals surface area contributed by atoms with Gasteiger partial charge in [0, 0.05) is 21.4 Å². The lowest BCUT2D eigenvalue weighted by Crippen LogP contribution is -2.29. The standard InChI is InChI=1S/C28H20N2O3S/c1-2-33-28(32)20-17-23(29-16-15-18-9-3-4-10-19(18)26(20)29)27(31)30-21-11-5-7-13-24(21)34-25-14-8-6-12-22(25)30/h3-17H,2H2,1H3. The van der Waals surface area contributed by atoms with Crippen molar-refractivity contribution in [1.82, 2.24) is 4.40 Å². The van der Waals surface area contributed by atoms with Gasteiger partial charge in [0.25, 0.3) is 5.91 Å². The van der Waals surface area contributed by atoms with Crippen molar-refractivity contribution < 1.29 is 14.3 Å². The molecule has 34 heavy (non-hydrogen) atoms. The molecule has 2 aromatic heterocycles. The second-order valence-electron chi connectivity index (χ2n) is 7.96. The van der Waals surface area contributed by atoms with Gasteiger partial charge < -0.3 is 9.14 Å². The Morgan fingerprint density at radius 3 is 2.21 bits per heavy atom. The fourth-order valence-corrected chi connectivity index (χ4v) is 5.59. The second kappa shape index (κ2) is 8.08. The minimum atomic E-state index is -0.439. The molecule has 1 aliphatic rings. The molecule has 0 atom stereocenters. The van der Waals surface area contributed by atoms with Crippen molar-refractivity contribution in [2.24, 2.45) is 0 Å². The molecular formula is C28H20N2O3S. The van der Waals surface area contributed by atoms with E-state index in [1.165, 1.54) is 0 Å². The molecule has 0 fully saturated rings. The van der Waals surface area contributed by atoms with E-state index >= 15 is 0 Å². The van der Waals surface area contributed by atoms with Crippen molar-refractivity contribution in [2.75, 3.05) is 11.5 Å². The zero-order chi connectivity index (χ0) is 23.2. The number of rotatable bonds is 3. The Morgan fingerprint density at radius 2 is 1.50 bits per heavy atom. The maximum Gasteiger partial charge on any atom is 0.340 e. The Kier molecular flexibility index (Phi) is 4.89. The van der Waals surface area contributed by atoms with Crippen molar-refractivity contribution in [1.29, 1.82) is 0 Å². The van der Waals surface area contributed by atoms with Crippen LogP contribution in [0.5, 0.6) is 0 Å². The van der Waals surface area contributed by atoms with Gasteiger partial charge in [-0.15, -0.1) is 0 Å². The number of benzene rings is 3. The number of pyridine rings is 1. The summed E-state index contributed by atoms with van der Waals surface area (Å²) >= 11 is 1.65. The first-order valence-electron chi connectivity index (χ1n) is 11.1. The van der Waals surface area contributed by atoms with Crippen LogP contribution in [-0.2, 0) is 4.74 Å². The predicted octanol–water partition coefficient (Wildman–Crippen LogP) is 6.71. The van der Waals surface area contributed by atoms with Crippen LogP contribution in [0.4, 0.5) is 11.4 Å². The zero-order valence-electron chi connectivity index (χ0n) is 18.4. The third-order valence-electron chi connectivity index (χ3n) is 6.01. The second-order valence-corrected chi connectivity index (χ2v) is 9.05. The topological polar surface area (TPSA) is 51.0 Å². The molecule has 0 spiro atoms. The van der Waals surface area contributed by atoms with E-state index in [1.54, 1.807) is 29.7 Å². The first-order valence-corrected chi connectivity index (χ1v) is 11.9. The fourth-order valence-electron chi connectivity index (χ4n) is 4.53. The maximum atomic E-state index is 14.2. The molecule has 6 heteroatoms. The number of amides is 1. The lowest BCUT2D eigenvalue weighted by atomic mass is 10.1. The molecular weight excluding hydrogens is 444 g/mol. The molecule has 5 nitrogen and oxygen atoms in total. The lowest BCUT2D eigenvalue weighted by molar-refractivity contribution is 0.0529. The SMILES string of the molecule is CCOC(=O)c1cc(C(=O)N2c3ccccc3Sc3ccccc32)n2ccc3ccccc3c12. The number of fused-ring (bicyclic) bond motifs is 5. The van der Waals surface area contributed by atoms with Crippen LogP contribution in [0.3, 0.4) is 0 Å². The Balaban J connectivity index is 1.61. The molecule has 3 heterocycles. The van der Waals surface area contributed by atoms with E-state index in [0.29, 0.717) is 16.8 Å². The van der Waals surface area contributed by atoms with Crippen LogP contribution in [0.2, 0.25) is 0 Å². The summed E-state index contributed by atoms with van der Waals surface area (Å²) in [6.07, 6.45) is 1.85. The molecule has 6 rings (SSSR count). The van der Waals surface area contributed by atoms with Gasteiger partial charge in [-0.05, 0) is 48.7 Å². The van der Waals surface area contributed by atoms with Gasteiger partial charge in [0.1, 0.15) is 5.69 Å². The van der Waals surface area contributed by atoms with Gasteiger partial charge in [0.15, 0.2) is 0 Å². The van der Waals surface area contributed by atoms with E-state index in [9.17, 15) is 9.59 Å². The smallest absolute Gasteiger partial charge is 0.340 e. The molecule has 0 saturated carbocycles. The number of carbonyl (C=O) groups is 2. The van der Waals surface area contributed by atoms with E-state index in [-0.39, 0.29) is 12.5 Å². The molecule has 0 saturated heterocycles. The molecule has 0 unspecified atom stereocenters. The number of carbonyl (C=O) groups excluding carboxylic acids is 2. The number of nitrogens with zero attached hydrogens (tertiary/aromatic N) is 2. The van der Waals surface area contributed by atoms with Crippen LogP contribution < -0.4 is 4.90 Å². The van der Waals surface area contributed by atoms with E-state index < -0.39 is 5.97 Å². The number of ether oxygens (including phenoxy) is 1. The number of anilines is 2. The Hall–Kier alpha value is -4.03. The average Bonchev–Trinajstić information content (AvgIpc) is 3.27. The van der Waals surface area contributed by atoms with Gasteiger partial charge >= 0.3 is 5.97 Å². The molecule has 166 valence electrons. The normalized spacial score (nSPS) is 12.4. The minimum absolute atomic E-state index is 0.207. The predicted molar refractivity (Wildman–Crippen MR) is 134 cm³/mol. The molecule has 5 aromatic rings. The average molecular weight is 465 g/mol. The van der Waals surface area contributed by atoms with E-state index in [0.717, 1.165) is 31.9 Å². The largest absolute Gasteiger partial charge is 0.462 e. The number of esters is 1. The Morgan fingerprint density at radius 1 is 0.853 bits per heavy atom.